The predicted molar refractivity (Wildman–Crippen MR) is 97.5 cm³/mol. The molecule has 3 aromatic rings. The standard InChI is InChI=1S/C18H11Cl3N2O/c19-11-4-6-15-12(9-11)18(24)23-7-1-2-16(23)17(22-15)10-3-5-13(20)14(21)8-10/h1-9,17,22H. The van der Waals surface area contributed by atoms with Gasteiger partial charge < -0.3 is 5.32 Å². The van der Waals surface area contributed by atoms with Gasteiger partial charge in [-0.25, -0.2) is 0 Å². The normalized spacial score (nSPS) is 16.1. The van der Waals surface area contributed by atoms with E-state index in [0.29, 0.717) is 20.6 Å². The van der Waals surface area contributed by atoms with Gasteiger partial charge in [0.2, 0.25) is 0 Å². The topological polar surface area (TPSA) is 34.0 Å². The lowest BCUT2D eigenvalue weighted by molar-refractivity contribution is 0.0959. The molecule has 1 unspecified atom stereocenters. The minimum absolute atomic E-state index is 0.123. The Kier molecular flexibility index (Phi) is 3.80. The Hall–Kier alpha value is -1.94. The molecule has 0 aliphatic carbocycles. The fraction of sp³-hybridized carbons (Fsp3) is 0.0556. The highest BCUT2D eigenvalue weighted by molar-refractivity contribution is 6.42. The number of nitrogens with zero attached hydrogens (tertiary/aromatic N) is 1. The van der Waals surface area contributed by atoms with Crippen molar-refractivity contribution in [1.82, 2.24) is 4.57 Å². The van der Waals surface area contributed by atoms with E-state index in [1.54, 1.807) is 29.0 Å². The Balaban J connectivity index is 1.92. The van der Waals surface area contributed by atoms with Crippen LogP contribution in [0.25, 0.3) is 0 Å². The van der Waals surface area contributed by atoms with Crippen molar-refractivity contribution in [3.8, 4) is 0 Å². The number of nitrogens with one attached hydrogen (secondary N) is 1. The zero-order chi connectivity index (χ0) is 16.8. The van der Waals surface area contributed by atoms with Gasteiger partial charge in [-0.3, -0.25) is 9.36 Å². The molecule has 4 rings (SSSR count). The monoisotopic (exact) mass is 376 g/mol. The summed E-state index contributed by atoms with van der Waals surface area (Å²) in [6, 6.07) is 14.2. The van der Waals surface area contributed by atoms with Crippen LogP contribution in [0.3, 0.4) is 0 Å². The molecule has 24 heavy (non-hydrogen) atoms. The van der Waals surface area contributed by atoms with Crippen LogP contribution in [-0.4, -0.2) is 10.5 Å². The number of halogens is 3. The van der Waals surface area contributed by atoms with E-state index >= 15 is 0 Å². The second-order valence-corrected chi connectivity index (χ2v) is 6.80. The summed E-state index contributed by atoms with van der Waals surface area (Å²) in [5.74, 6) is -0.123. The molecule has 0 amide bonds. The summed E-state index contributed by atoms with van der Waals surface area (Å²) in [6.45, 7) is 0. The molecule has 0 saturated carbocycles. The summed E-state index contributed by atoms with van der Waals surface area (Å²) in [4.78, 5) is 12.9. The Morgan fingerprint density at radius 2 is 1.79 bits per heavy atom. The van der Waals surface area contributed by atoms with E-state index in [1.165, 1.54) is 0 Å². The number of anilines is 1. The molecule has 0 saturated heterocycles. The van der Waals surface area contributed by atoms with Gasteiger partial charge in [0, 0.05) is 16.9 Å². The van der Waals surface area contributed by atoms with Gasteiger partial charge in [0.25, 0.3) is 5.91 Å². The van der Waals surface area contributed by atoms with Crippen LogP contribution < -0.4 is 5.32 Å². The van der Waals surface area contributed by atoms with Crippen LogP contribution in [0.15, 0.2) is 54.7 Å². The van der Waals surface area contributed by atoms with E-state index in [9.17, 15) is 4.79 Å². The molecule has 1 aromatic heterocycles. The van der Waals surface area contributed by atoms with Crippen LogP contribution in [0.5, 0.6) is 0 Å². The van der Waals surface area contributed by atoms with E-state index in [-0.39, 0.29) is 11.9 Å². The number of hydrogen-bond acceptors (Lipinski definition) is 2. The fourth-order valence-corrected chi connectivity index (χ4v) is 3.42. The molecule has 0 fully saturated rings. The second kappa shape index (κ2) is 5.85. The highest BCUT2D eigenvalue weighted by Gasteiger charge is 2.27. The van der Waals surface area contributed by atoms with Crippen molar-refractivity contribution >= 4 is 46.4 Å². The van der Waals surface area contributed by atoms with Crippen LogP contribution in [0.2, 0.25) is 15.1 Å². The molecule has 1 N–H and O–H groups in total. The third kappa shape index (κ3) is 2.49. The molecule has 6 heteroatoms. The van der Waals surface area contributed by atoms with Gasteiger partial charge in [0.1, 0.15) is 0 Å². The molecule has 1 atom stereocenters. The van der Waals surface area contributed by atoms with Gasteiger partial charge in [-0.05, 0) is 48.0 Å². The molecular formula is C18H11Cl3N2O. The van der Waals surface area contributed by atoms with Gasteiger partial charge in [-0.1, -0.05) is 40.9 Å². The molecule has 2 aromatic carbocycles. The van der Waals surface area contributed by atoms with Gasteiger partial charge in [-0.15, -0.1) is 0 Å². The number of carbonyl (C=O) groups is 1. The lowest BCUT2D eigenvalue weighted by atomic mass is 10.0. The molecule has 0 spiro atoms. The van der Waals surface area contributed by atoms with Gasteiger partial charge >= 0.3 is 0 Å². The zero-order valence-electron chi connectivity index (χ0n) is 12.3. The Morgan fingerprint density at radius 3 is 2.58 bits per heavy atom. The number of rotatable bonds is 1. The minimum atomic E-state index is -0.235. The third-order valence-corrected chi connectivity index (χ3v) is 5.06. The van der Waals surface area contributed by atoms with Crippen molar-refractivity contribution in [3.63, 3.8) is 0 Å². The number of benzene rings is 2. The maximum absolute atomic E-state index is 12.9. The number of aromatic nitrogens is 1. The van der Waals surface area contributed by atoms with Crippen LogP contribution in [0.4, 0.5) is 5.69 Å². The Labute approximate surface area is 153 Å². The van der Waals surface area contributed by atoms with Crippen molar-refractivity contribution in [2.45, 2.75) is 6.04 Å². The minimum Gasteiger partial charge on any atom is -0.372 e. The first-order valence-corrected chi connectivity index (χ1v) is 8.41. The molecule has 2 heterocycles. The average molecular weight is 378 g/mol. The summed E-state index contributed by atoms with van der Waals surface area (Å²) in [5, 5.41) is 4.91. The molecule has 1 aliphatic heterocycles. The van der Waals surface area contributed by atoms with E-state index in [0.717, 1.165) is 16.9 Å². The van der Waals surface area contributed by atoms with Crippen molar-refractivity contribution in [2.75, 3.05) is 5.32 Å². The van der Waals surface area contributed by atoms with E-state index < -0.39 is 0 Å². The van der Waals surface area contributed by atoms with Crippen LogP contribution in [0, 0.1) is 0 Å². The fourth-order valence-electron chi connectivity index (χ4n) is 2.94. The molecule has 1 aliphatic rings. The smallest absolute Gasteiger partial charge is 0.264 e. The summed E-state index contributed by atoms with van der Waals surface area (Å²) >= 11 is 18.3. The van der Waals surface area contributed by atoms with Crippen LogP contribution >= 0.6 is 34.8 Å². The Bertz CT molecular complexity index is 965. The van der Waals surface area contributed by atoms with Crippen molar-refractivity contribution in [3.05, 3.63) is 86.6 Å². The number of fused-ring (bicyclic) bond motifs is 2. The second-order valence-electron chi connectivity index (χ2n) is 5.55. The largest absolute Gasteiger partial charge is 0.372 e. The van der Waals surface area contributed by atoms with Gasteiger partial charge in [-0.2, -0.15) is 0 Å². The lowest BCUT2D eigenvalue weighted by Crippen LogP contribution is -2.15. The summed E-state index contributed by atoms with van der Waals surface area (Å²) in [7, 11) is 0. The molecule has 3 nitrogen and oxygen atoms in total. The Morgan fingerprint density at radius 1 is 0.958 bits per heavy atom. The SMILES string of the molecule is O=C1c2cc(Cl)ccc2NC(c2ccc(Cl)c(Cl)c2)c2cccn21. The summed E-state index contributed by atoms with van der Waals surface area (Å²) in [5.41, 5.74) is 3.00. The average Bonchev–Trinajstić information content (AvgIpc) is 3.01. The van der Waals surface area contributed by atoms with Gasteiger partial charge in [0.15, 0.2) is 0 Å². The summed E-state index contributed by atoms with van der Waals surface area (Å²) in [6.07, 6.45) is 1.75. The van der Waals surface area contributed by atoms with Crippen molar-refractivity contribution in [2.24, 2.45) is 0 Å². The molecular weight excluding hydrogens is 367 g/mol. The van der Waals surface area contributed by atoms with E-state index in [4.69, 9.17) is 34.8 Å². The van der Waals surface area contributed by atoms with Crippen molar-refractivity contribution in [1.29, 1.82) is 0 Å². The first-order chi connectivity index (χ1) is 11.5. The van der Waals surface area contributed by atoms with Crippen LogP contribution in [-0.2, 0) is 0 Å². The molecule has 120 valence electrons. The maximum atomic E-state index is 12.9. The lowest BCUT2D eigenvalue weighted by Gasteiger charge is -2.19. The van der Waals surface area contributed by atoms with Crippen molar-refractivity contribution < 1.29 is 4.79 Å². The quantitative estimate of drug-likeness (QED) is 0.594. The van der Waals surface area contributed by atoms with E-state index in [1.807, 2.05) is 30.3 Å². The maximum Gasteiger partial charge on any atom is 0.264 e. The zero-order valence-corrected chi connectivity index (χ0v) is 14.5. The van der Waals surface area contributed by atoms with E-state index in [2.05, 4.69) is 5.32 Å². The molecule has 0 bridgehead atoms. The van der Waals surface area contributed by atoms with Crippen LogP contribution in [0.1, 0.15) is 27.7 Å². The number of hydrogen-bond donors (Lipinski definition) is 1. The first-order valence-electron chi connectivity index (χ1n) is 7.27. The first kappa shape index (κ1) is 15.6. The summed E-state index contributed by atoms with van der Waals surface area (Å²) < 4.78 is 1.63. The number of carbonyl (C=O) groups excluding carboxylic acids is 1. The predicted octanol–water partition coefficient (Wildman–Crippen LogP) is 5.65. The molecule has 0 radical (unpaired) electrons. The van der Waals surface area contributed by atoms with Gasteiger partial charge in [0.05, 0.1) is 27.3 Å². The highest BCUT2D eigenvalue weighted by Crippen LogP contribution is 2.36. The third-order valence-electron chi connectivity index (χ3n) is 4.08. The highest BCUT2D eigenvalue weighted by atomic mass is 35.5.